The van der Waals surface area contributed by atoms with Crippen molar-refractivity contribution in [2.45, 2.75) is 12.8 Å². The topological polar surface area (TPSA) is 63.4 Å². The average Bonchev–Trinajstić information content (AvgIpc) is 2.81. The molecule has 0 aromatic carbocycles. The second-order valence-electron chi connectivity index (χ2n) is 4.57. The van der Waals surface area contributed by atoms with E-state index >= 15 is 0 Å². The Kier molecular flexibility index (Phi) is 3.55. The summed E-state index contributed by atoms with van der Waals surface area (Å²) >= 11 is 0. The highest BCUT2D eigenvalue weighted by atomic mass is 32.2. The van der Waals surface area contributed by atoms with Crippen LogP contribution in [-0.4, -0.2) is 52.0 Å². The highest BCUT2D eigenvalue weighted by Gasteiger charge is 2.41. The molecular formula is C9H20N2O2S. The van der Waals surface area contributed by atoms with Crippen molar-refractivity contribution in [2.75, 3.05) is 38.7 Å². The van der Waals surface area contributed by atoms with Crippen LogP contribution in [0, 0.1) is 5.41 Å². The largest absolute Gasteiger partial charge is 0.330 e. The van der Waals surface area contributed by atoms with Gasteiger partial charge in [-0.15, -0.1) is 0 Å². The lowest BCUT2D eigenvalue weighted by Crippen LogP contribution is -2.34. The molecule has 1 rings (SSSR count). The summed E-state index contributed by atoms with van der Waals surface area (Å²) in [6.07, 6.45) is 3.65. The maximum absolute atomic E-state index is 10.9. The molecule has 1 saturated carbocycles. The lowest BCUT2D eigenvalue weighted by atomic mass is 10.1. The molecule has 14 heavy (non-hydrogen) atoms. The first-order valence-electron chi connectivity index (χ1n) is 4.93. The molecule has 5 heteroatoms. The predicted molar refractivity (Wildman–Crippen MR) is 57.9 cm³/mol. The second kappa shape index (κ2) is 4.16. The fourth-order valence-corrected chi connectivity index (χ4v) is 2.22. The van der Waals surface area contributed by atoms with Crippen LogP contribution in [0.1, 0.15) is 12.8 Å². The van der Waals surface area contributed by atoms with Crippen molar-refractivity contribution in [2.24, 2.45) is 11.1 Å². The van der Waals surface area contributed by atoms with E-state index < -0.39 is 9.84 Å². The third-order valence-electron chi connectivity index (χ3n) is 2.84. The van der Waals surface area contributed by atoms with E-state index in [1.54, 1.807) is 0 Å². The van der Waals surface area contributed by atoms with Crippen molar-refractivity contribution in [1.82, 2.24) is 4.90 Å². The van der Waals surface area contributed by atoms with Crippen LogP contribution in [0.25, 0.3) is 0 Å². The molecule has 1 aliphatic carbocycles. The van der Waals surface area contributed by atoms with Crippen LogP contribution in [-0.2, 0) is 9.84 Å². The Morgan fingerprint density at radius 1 is 1.43 bits per heavy atom. The highest BCUT2D eigenvalue weighted by Crippen LogP contribution is 2.44. The number of sulfone groups is 1. The van der Waals surface area contributed by atoms with Gasteiger partial charge in [-0.1, -0.05) is 0 Å². The molecule has 84 valence electrons. The summed E-state index contributed by atoms with van der Waals surface area (Å²) in [7, 11) is -0.875. The first-order chi connectivity index (χ1) is 6.37. The van der Waals surface area contributed by atoms with E-state index in [9.17, 15) is 8.42 Å². The summed E-state index contributed by atoms with van der Waals surface area (Å²) in [5.74, 6) is 0.240. The standard InChI is InChI=1S/C9H20N2O2S/c1-11(5-6-14(2,12)13)8-9(7-10)3-4-9/h3-8,10H2,1-2H3. The van der Waals surface area contributed by atoms with E-state index in [1.807, 2.05) is 7.05 Å². The van der Waals surface area contributed by atoms with Crippen molar-refractivity contribution >= 4 is 9.84 Å². The van der Waals surface area contributed by atoms with Gasteiger partial charge in [0, 0.05) is 19.3 Å². The summed E-state index contributed by atoms with van der Waals surface area (Å²) in [6.45, 7) is 2.26. The van der Waals surface area contributed by atoms with Gasteiger partial charge in [-0.3, -0.25) is 0 Å². The van der Waals surface area contributed by atoms with Crippen molar-refractivity contribution < 1.29 is 8.42 Å². The van der Waals surface area contributed by atoms with Crippen LogP contribution in [0.3, 0.4) is 0 Å². The van der Waals surface area contributed by atoms with Crippen LogP contribution in [0.5, 0.6) is 0 Å². The summed E-state index contributed by atoms with van der Waals surface area (Å²) < 4.78 is 21.9. The molecule has 0 atom stereocenters. The first-order valence-corrected chi connectivity index (χ1v) is 6.99. The van der Waals surface area contributed by atoms with Gasteiger partial charge >= 0.3 is 0 Å². The van der Waals surface area contributed by atoms with Gasteiger partial charge in [0.15, 0.2) is 0 Å². The number of rotatable bonds is 6. The van der Waals surface area contributed by atoms with E-state index in [0.29, 0.717) is 12.0 Å². The summed E-state index contributed by atoms with van der Waals surface area (Å²) in [6, 6.07) is 0. The quantitative estimate of drug-likeness (QED) is 0.667. The van der Waals surface area contributed by atoms with Gasteiger partial charge in [0.1, 0.15) is 9.84 Å². The maximum atomic E-state index is 10.9. The van der Waals surface area contributed by atoms with E-state index in [4.69, 9.17) is 5.73 Å². The van der Waals surface area contributed by atoms with Crippen LogP contribution in [0.15, 0.2) is 0 Å². The number of nitrogens with two attached hydrogens (primary N) is 1. The molecule has 0 spiro atoms. The molecule has 0 aromatic heterocycles. The second-order valence-corrected chi connectivity index (χ2v) is 6.83. The van der Waals surface area contributed by atoms with Gasteiger partial charge < -0.3 is 10.6 Å². The highest BCUT2D eigenvalue weighted by molar-refractivity contribution is 7.90. The molecule has 0 unspecified atom stereocenters. The molecular weight excluding hydrogens is 200 g/mol. The minimum absolute atomic E-state index is 0.240. The minimum Gasteiger partial charge on any atom is -0.330 e. The smallest absolute Gasteiger partial charge is 0.148 e. The van der Waals surface area contributed by atoms with Crippen molar-refractivity contribution in [1.29, 1.82) is 0 Å². The predicted octanol–water partition coefficient (Wildman–Crippen LogP) is -0.298. The molecule has 0 aliphatic heterocycles. The molecule has 0 bridgehead atoms. The molecule has 0 saturated heterocycles. The molecule has 1 fully saturated rings. The normalized spacial score (nSPS) is 20.0. The molecule has 0 amide bonds. The van der Waals surface area contributed by atoms with Crippen molar-refractivity contribution in [3.8, 4) is 0 Å². The van der Waals surface area contributed by atoms with Crippen molar-refractivity contribution in [3.05, 3.63) is 0 Å². The Morgan fingerprint density at radius 2 is 2.00 bits per heavy atom. The Hall–Kier alpha value is -0.130. The zero-order valence-electron chi connectivity index (χ0n) is 8.99. The van der Waals surface area contributed by atoms with Crippen LogP contribution in [0.4, 0.5) is 0 Å². The minimum atomic E-state index is -2.83. The van der Waals surface area contributed by atoms with Crippen LogP contribution in [0.2, 0.25) is 0 Å². The fraction of sp³-hybridized carbons (Fsp3) is 1.00. The lowest BCUT2D eigenvalue weighted by molar-refractivity contribution is 0.279. The van der Waals surface area contributed by atoms with Gasteiger partial charge in [0.2, 0.25) is 0 Å². The Balaban J connectivity index is 2.26. The Morgan fingerprint density at radius 3 is 2.36 bits per heavy atom. The third-order valence-corrected chi connectivity index (χ3v) is 3.76. The summed E-state index contributed by atoms with van der Waals surface area (Å²) in [5.41, 5.74) is 5.95. The number of hydrogen-bond acceptors (Lipinski definition) is 4. The lowest BCUT2D eigenvalue weighted by Gasteiger charge is -2.21. The zero-order chi connectivity index (χ0) is 10.8. The molecule has 0 heterocycles. The number of nitrogens with zero attached hydrogens (tertiary/aromatic N) is 1. The van der Waals surface area contributed by atoms with Crippen LogP contribution >= 0.6 is 0 Å². The van der Waals surface area contributed by atoms with Gasteiger partial charge in [-0.25, -0.2) is 8.42 Å². The molecule has 4 nitrogen and oxygen atoms in total. The van der Waals surface area contributed by atoms with E-state index in [2.05, 4.69) is 4.90 Å². The monoisotopic (exact) mass is 220 g/mol. The van der Waals surface area contributed by atoms with Gasteiger partial charge in [0.25, 0.3) is 0 Å². The average molecular weight is 220 g/mol. The molecule has 0 aromatic rings. The van der Waals surface area contributed by atoms with Gasteiger partial charge in [0.05, 0.1) is 5.75 Å². The Bertz CT molecular complexity index is 283. The SMILES string of the molecule is CN(CCS(C)(=O)=O)CC1(CN)CC1. The zero-order valence-corrected chi connectivity index (χ0v) is 9.81. The summed E-state index contributed by atoms with van der Waals surface area (Å²) in [5, 5.41) is 0. The third kappa shape index (κ3) is 3.94. The first kappa shape index (κ1) is 11.9. The Labute approximate surface area is 86.4 Å². The van der Waals surface area contributed by atoms with Crippen LogP contribution < -0.4 is 5.73 Å². The molecule has 1 aliphatic rings. The molecule has 2 N–H and O–H groups in total. The van der Waals surface area contributed by atoms with E-state index in [0.717, 1.165) is 13.1 Å². The fourth-order valence-electron chi connectivity index (χ4n) is 1.58. The van der Waals surface area contributed by atoms with E-state index in [1.165, 1.54) is 19.1 Å². The van der Waals surface area contributed by atoms with Crippen molar-refractivity contribution in [3.63, 3.8) is 0 Å². The molecule has 0 radical (unpaired) electrons. The van der Waals surface area contributed by atoms with E-state index in [-0.39, 0.29) is 5.75 Å². The summed E-state index contributed by atoms with van der Waals surface area (Å²) in [4.78, 5) is 2.07. The maximum Gasteiger partial charge on any atom is 0.148 e. The van der Waals surface area contributed by atoms with Gasteiger partial charge in [-0.05, 0) is 31.8 Å². The number of hydrogen-bond donors (Lipinski definition) is 1. The van der Waals surface area contributed by atoms with Gasteiger partial charge in [-0.2, -0.15) is 0 Å².